The minimum Gasteiger partial charge on any atom is -0.465 e. The number of benzene rings is 1. The van der Waals surface area contributed by atoms with E-state index < -0.39 is 0 Å². The van der Waals surface area contributed by atoms with Crippen molar-refractivity contribution in [3.05, 3.63) is 29.8 Å². The molecule has 0 fully saturated rings. The summed E-state index contributed by atoms with van der Waals surface area (Å²) in [4.78, 5) is 0. The molecular formula is C24H44O2. The van der Waals surface area contributed by atoms with E-state index in [1.807, 2.05) is 0 Å². The molecule has 0 radical (unpaired) electrons. The van der Waals surface area contributed by atoms with Gasteiger partial charge in [0.2, 0.25) is 0 Å². The zero-order valence-corrected chi connectivity index (χ0v) is 18.3. The molecule has 1 aromatic carbocycles. The summed E-state index contributed by atoms with van der Waals surface area (Å²) in [6, 6.07) is 8.61. The average Bonchev–Trinajstić information content (AvgIpc) is 2.59. The summed E-state index contributed by atoms with van der Waals surface area (Å²) in [5, 5.41) is 0. The zero-order valence-electron chi connectivity index (χ0n) is 18.3. The van der Waals surface area contributed by atoms with E-state index in [-0.39, 0.29) is 7.72 Å². The number of rotatable bonds is 13. The second-order valence-corrected chi connectivity index (χ2v) is 8.26. The number of hydrogen-bond donors (Lipinski definition) is 0. The van der Waals surface area contributed by atoms with Crippen LogP contribution in [0.3, 0.4) is 0 Å². The molecule has 0 saturated carbocycles. The Labute approximate surface area is 164 Å². The average molecular weight is 365 g/mol. The van der Waals surface area contributed by atoms with Gasteiger partial charge in [0.15, 0.2) is 6.29 Å². The van der Waals surface area contributed by atoms with Crippen molar-refractivity contribution in [2.24, 2.45) is 17.8 Å². The van der Waals surface area contributed by atoms with Gasteiger partial charge in [0, 0.05) is 7.85 Å². The van der Waals surface area contributed by atoms with Crippen molar-refractivity contribution in [3.63, 3.8) is 0 Å². The molecule has 0 aliphatic carbocycles. The molecule has 2 atom stereocenters. The van der Waals surface area contributed by atoms with Crippen LogP contribution >= 0.6 is 0 Å². The largest absolute Gasteiger partial charge is 0.465 e. The van der Waals surface area contributed by atoms with E-state index in [2.05, 4.69) is 72.7 Å². The quantitative estimate of drug-likeness (QED) is 0.334. The molecule has 1 rings (SSSR count). The fraction of sp³-hybridized carbons (Fsp3) is 0.750. The maximum Gasteiger partial charge on any atom is 0.199 e. The summed E-state index contributed by atoms with van der Waals surface area (Å²) in [5.41, 5.74) is 1.37. The number of hydrogen-bond acceptors (Lipinski definition) is 2. The van der Waals surface area contributed by atoms with Crippen molar-refractivity contribution >= 4 is 0 Å². The molecule has 2 nitrogen and oxygen atoms in total. The lowest BCUT2D eigenvalue weighted by atomic mass is 9.80. The summed E-state index contributed by atoms with van der Waals surface area (Å²) in [6.07, 6.45) is 5.64. The van der Waals surface area contributed by atoms with Gasteiger partial charge in [-0.15, -0.1) is 0 Å². The van der Waals surface area contributed by atoms with Crippen molar-refractivity contribution in [3.8, 4) is 5.75 Å². The third-order valence-electron chi connectivity index (χ3n) is 5.38. The lowest BCUT2D eigenvalue weighted by Crippen LogP contribution is -2.21. The maximum atomic E-state index is 6.17. The summed E-state index contributed by atoms with van der Waals surface area (Å²) in [7, 11) is 0. The van der Waals surface area contributed by atoms with Gasteiger partial charge in [-0.05, 0) is 47.8 Å². The Bertz CT molecular complexity index is 479. The highest BCUT2D eigenvalue weighted by Gasteiger charge is 2.20. The summed E-state index contributed by atoms with van der Waals surface area (Å²) >= 11 is 0. The monoisotopic (exact) mass is 364 g/mol. The Morgan fingerprint density at radius 3 is 2.15 bits per heavy atom. The molecule has 0 N–H and O–H groups in total. The van der Waals surface area contributed by atoms with Crippen molar-refractivity contribution in [1.29, 1.82) is 0 Å². The summed E-state index contributed by atoms with van der Waals surface area (Å²) < 4.78 is 12.2. The van der Waals surface area contributed by atoms with Crippen molar-refractivity contribution in [2.45, 2.75) is 92.8 Å². The van der Waals surface area contributed by atoms with E-state index in [0.29, 0.717) is 17.8 Å². The fourth-order valence-electron chi connectivity index (χ4n) is 4.05. The minimum absolute atomic E-state index is 0. The fourth-order valence-corrected chi connectivity index (χ4v) is 4.05. The van der Waals surface area contributed by atoms with Crippen molar-refractivity contribution < 1.29 is 10.9 Å². The maximum absolute atomic E-state index is 6.17. The van der Waals surface area contributed by atoms with Gasteiger partial charge in [0.1, 0.15) is 5.75 Å². The molecule has 0 heterocycles. The van der Waals surface area contributed by atoms with Crippen LogP contribution in [-0.4, -0.2) is 12.9 Å². The molecule has 0 saturated heterocycles. The highest BCUT2D eigenvalue weighted by Crippen LogP contribution is 2.33. The molecule has 0 bridgehead atoms. The third kappa shape index (κ3) is 7.70. The number of ether oxygens (including phenoxy) is 2. The Morgan fingerprint density at radius 1 is 0.923 bits per heavy atom. The van der Waals surface area contributed by atoms with Gasteiger partial charge in [-0.25, -0.2) is 0 Å². The van der Waals surface area contributed by atoms with Crippen LogP contribution in [-0.2, 0) is 4.74 Å². The molecule has 2 heteroatoms. The van der Waals surface area contributed by atoms with Crippen LogP contribution < -0.4 is 4.74 Å². The molecule has 2 unspecified atom stereocenters. The van der Waals surface area contributed by atoms with E-state index in [0.717, 1.165) is 31.1 Å². The van der Waals surface area contributed by atoms with Gasteiger partial charge in [0.25, 0.3) is 0 Å². The molecule has 26 heavy (non-hydrogen) atoms. The predicted octanol–water partition coefficient (Wildman–Crippen LogP) is 7.68. The van der Waals surface area contributed by atoms with Crippen LogP contribution in [0.1, 0.15) is 93.5 Å². The summed E-state index contributed by atoms with van der Waals surface area (Å²) in [6.45, 7) is 16.7. The lowest BCUT2D eigenvalue weighted by Gasteiger charge is -2.26. The van der Waals surface area contributed by atoms with E-state index in [1.165, 1.54) is 24.8 Å². The Morgan fingerprint density at radius 2 is 1.62 bits per heavy atom. The van der Waals surface area contributed by atoms with Crippen molar-refractivity contribution in [2.75, 3.05) is 6.61 Å². The predicted molar refractivity (Wildman–Crippen MR) is 115 cm³/mol. The first-order valence-electron chi connectivity index (χ1n) is 10.8. The molecule has 0 amide bonds. The van der Waals surface area contributed by atoms with Gasteiger partial charge >= 0.3 is 0 Å². The normalized spacial score (nSPS) is 14.2. The smallest absolute Gasteiger partial charge is 0.199 e. The lowest BCUT2D eigenvalue weighted by molar-refractivity contribution is -0.0852. The molecule has 152 valence electrons. The van der Waals surface area contributed by atoms with Crippen LogP contribution in [0.4, 0.5) is 0 Å². The molecule has 0 aliphatic heterocycles. The second-order valence-electron chi connectivity index (χ2n) is 8.26. The van der Waals surface area contributed by atoms with E-state index >= 15 is 0 Å². The first kappa shape index (κ1) is 23.0. The highest BCUT2D eigenvalue weighted by atomic mass is 16.7. The van der Waals surface area contributed by atoms with E-state index in [9.17, 15) is 0 Å². The Balaban J connectivity index is 0.00000676. The minimum atomic E-state index is -0.152. The molecule has 0 aliphatic rings. The van der Waals surface area contributed by atoms with Crippen LogP contribution in [0.5, 0.6) is 5.75 Å². The SMILES string of the molecule is CCCC(CC)CCOC(CC)Oc1cccc(C(C(C)C)C(C)C)c1.[HH]. The first-order chi connectivity index (χ1) is 12.4. The second kappa shape index (κ2) is 12.4. The van der Waals surface area contributed by atoms with Crippen LogP contribution in [0.15, 0.2) is 24.3 Å². The van der Waals surface area contributed by atoms with Gasteiger partial charge in [0.05, 0.1) is 6.61 Å². The van der Waals surface area contributed by atoms with Gasteiger partial charge in [-0.3, -0.25) is 0 Å². The van der Waals surface area contributed by atoms with Gasteiger partial charge < -0.3 is 9.47 Å². The molecule has 0 aromatic heterocycles. The highest BCUT2D eigenvalue weighted by molar-refractivity contribution is 5.31. The van der Waals surface area contributed by atoms with E-state index in [1.54, 1.807) is 0 Å². The van der Waals surface area contributed by atoms with E-state index in [4.69, 9.17) is 9.47 Å². The molecular weight excluding hydrogens is 320 g/mol. The van der Waals surface area contributed by atoms with Crippen LogP contribution in [0.2, 0.25) is 0 Å². The topological polar surface area (TPSA) is 18.5 Å². The van der Waals surface area contributed by atoms with Gasteiger partial charge in [-0.2, -0.15) is 0 Å². The van der Waals surface area contributed by atoms with Crippen LogP contribution in [0, 0.1) is 17.8 Å². The van der Waals surface area contributed by atoms with Crippen molar-refractivity contribution in [1.82, 2.24) is 0 Å². The summed E-state index contributed by atoms with van der Waals surface area (Å²) in [5.74, 6) is 3.50. The standard InChI is InChI=1S/C24H42O2.H2/c1-8-12-20(9-2)15-16-25-23(10-3)26-22-14-11-13-21(17-22)24(18(4)5)19(6)7;/h11,13-14,17-20,23-24H,8-10,12,15-16H2,1-7H3;1H. The van der Waals surface area contributed by atoms with Crippen LogP contribution in [0.25, 0.3) is 0 Å². The zero-order chi connectivity index (χ0) is 19.5. The first-order valence-corrected chi connectivity index (χ1v) is 10.8. The molecule has 0 spiro atoms. The molecule has 1 aromatic rings. The Hall–Kier alpha value is -1.02. The Kier molecular flexibility index (Phi) is 11.0. The van der Waals surface area contributed by atoms with Gasteiger partial charge in [-0.1, -0.05) is 79.9 Å². The third-order valence-corrected chi connectivity index (χ3v) is 5.38.